The van der Waals surface area contributed by atoms with E-state index in [4.69, 9.17) is 4.74 Å². The summed E-state index contributed by atoms with van der Waals surface area (Å²) in [7, 11) is 0. The fraction of sp³-hybridized carbons (Fsp3) is 0.310. The Bertz CT molecular complexity index is 1410. The number of aromatic nitrogens is 2. The number of hydrogen-bond acceptors (Lipinski definition) is 3. The van der Waals surface area contributed by atoms with Crippen molar-refractivity contribution in [3.05, 3.63) is 93.7 Å². The van der Waals surface area contributed by atoms with E-state index >= 15 is 0 Å². The third-order valence-electron chi connectivity index (χ3n) is 7.08. The Kier molecular flexibility index (Phi) is 6.29. The van der Waals surface area contributed by atoms with Crippen LogP contribution in [0.25, 0.3) is 10.9 Å². The lowest BCUT2D eigenvalue weighted by Gasteiger charge is -2.11. The molecule has 0 spiro atoms. The number of hydrogen-bond donors (Lipinski definition) is 1. The van der Waals surface area contributed by atoms with Gasteiger partial charge in [0.05, 0.1) is 5.56 Å². The Morgan fingerprint density at radius 3 is 2.60 bits per heavy atom. The van der Waals surface area contributed by atoms with Gasteiger partial charge in [-0.05, 0) is 93.5 Å². The molecule has 2 aromatic heterocycles. The lowest BCUT2D eigenvalue weighted by atomic mass is 9.95. The molecule has 0 amide bonds. The number of halogens is 1. The zero-order chi connectivity index (χ0) is 24.5. The normalized spacial score (nSPS) is 13.1. The Morgan fingerprint density at radius 2 is 1.80 bits per heavy atom. The molecule has 0 atom stereocenters. The van der Waals surface area contributed by atoms with Crippen molar-refractivity contribution >= 4 is 22.7 Å². The smallest absolute Gasteiger partial charge is 0.338 e. The summed E-state index contributed by atoms with van der Waals surface area (Å²) in [5.41, 5.74) is 7.45. The first kappa shape index (κ1) is 23.1. The van der Waals surface area contributed by atoms with Crippen LogP contribution in [0.5, 0.6) is 0 Å². The first-order chi connectivity index (χ1) is 16.9. The largest absolute Gasteiger partial charge is 0.454 e. The Hall–Kier alpha value is -3.67. The fourth-order valence-corrected chi connectivity index (χ4v) is 5.14. The first-order valence-electron chi connectivity index (χ1n) is 12.2. The molecule has 6 heteroatoms. The van der Waals surface area contributed by atoms with Crippen LogP contribution in [-0.4, -0.2) is 27.9 Å². The number of rotatable bonds is 7. The van der Waals surface area contributed by atoms with E-state index in [1.807, 2.05) is 32.0 Å². The van der Waals surface area contributed by atoms with Gasteiger partial charge in [-0.15, -0.1) is 0 Å². The number of carbonyl (C=O) groups excluding carboxylic acids is 2. The number of ether oxygens (including phenoxy) is 1. The molecule has 5 nitrogen and oxygen atoms in total. The number of Topliss-reactive ketones (excluding diaryl/α,β-unsaturated/α-hetero) is 1. The predicted molar refractivity (Wildman–Crippen MR) is 134 cm³/mol. The third-order valence-corrected chi connectivity index (χ3v) is 7.08. The summed E-state index contributed by atoms with van der Waals surface area (Å²) < 4.78 is 20.6. The molecule has 2 heterocycles. The number of esters is 1. The molecule has 35 heavy (non-hydrogen) atoms. The summed E-state index contributed by atoms with van der Waals surface area (Å²) in [6.07, 6.45) is 5.13. The summed E-state index contributed by atoms with van der Waals surface area (Å²) in [5, 5.41) is 1.07. The van der Waals surface area contributed by atoms with Gasteiger partial charge in [0.2, 0.25) is 5.78 Å². The number of nitrogens with zero attached hydrogens (tertiary/aromatic N) is 1. The molecule has 0 unspecified atom stereocenters. The van der Waals surface area contributed by atoms with Crippen LogP contribution in [-0.2, 0) is 30.5 Å². The highest BCUT2D eigenvalue weighted by Gasteiger charge is 2.20. The highest BCUT2D eigenvalue weighted by molar-refractivity contribution is 6.01. The zero-order valence-corrected chi connectivity index (χ0v) is 20.1. The minimum absolute atomic E-state index is 0.223. The van der Waals surface area contributed by atoms with Gasteiger partial charge in [-0.3, -0.25) is 4.79 Å². The number of nitrogens with one attached hydrogen (secondary N) is 1. The van der Waals surface area contributed by atoms with Gasteiger partial charge >= 0.3 is 5.97 Å². The molecule has 1 aliphatic carbocycles. The maximum atomic E-state index is 13.1. The average molecular weight is 473 g/mol. The molecule has 5 rings (SSSR count). The number of H-pyrrole nitrogens is 1. The van der Waals surface area contributed by atoms with Crippen molar-refractivity contribution in [2.45, 2.75) is 52.5 Å². The van der Waals surface area contributed by atoms with Gasteiger partial charge in [0.15, 0.2) is 6.61 Å². The van der Waals surface area contributed by atoms with Crippen LogP contribution in [0.1, 0.15) is 61.8 Å². The van der Waals surface area contributed by atoms with E-state index < -0.39 is 5.97 Å². The van der Waals surface area contributed by atoms with Gasteiger partial charge in [0.1, 0.15) is 5.82 Å². The summed E-state index contributed by atoms with van der Waals surface area (Å²) >= 11 is 0. The lowest BCUT2D eigenvalue weighted by Crippen LogP contribution is -2.15. The molecule has 0 aliphatic heterocycles. The van der Waals surface area contributed by atoms with E-state index in [0.717, 1.165) is 53.5 Å². The quantitative estimate of drug-likeness (QED) is 0.270. The van der Waals surface area contributed by atoms with Crippen molar-refractivity contribution in [1.29, 1.82) is 0 Å². The van der Waals surface area contributed by atoms with Crippen molar-refractivity contribution in [3.63, 3.8) is 0 Å². The molecule has 0 saturated carbocycles. The van der Waals surface area contributed by atoms with Gasteiger partial charge in [-0.25, -0.2) is 9.18 Å². The van der Waals surface area contributed by atoms with E-state index in [9.17, 15) is 14.0 Å². The molecule has 2 aromatic carbocycles. The maximum absolute atomic E-state index is 13.1. The molecular formula is C29H29FN2O3. The molecule has 0 saturated heterocycles. The Labute approximate surface area is 203 Å². The molecule has 0 bridgehead atoms. The summed E-state index contributed by atoms with van der Waals surface area (Å²) in [6, 6.07) is 13.8. The van der Waals surface area contributed by atoms with Gasteiger partial charge in [0, 0.05) is 40.1 Å². The Morgan fingerprint density at radius 1 is 1.03 bits per heavy atom. The number of fused-ring (bicyclic) bond motifs is 3. The van der Waals surface area contributed by atoms with E-state index in [1.165, 1.54) is 29.8 Å². The minimum atomic E-state index is -0.490. The minimum Gasteiger partial charge on any atom is -0.454 e. The highest BCUT2D eigenvalue weighted by Crippen LogP contribution is 2.30. The number of ketones is 1. The van der Waals surface area contributed by atoms with Crippen LogP contribution >= 0.6 is 0 Å². The summed E-state index contributed by atoms with van der Waals surface area (Å²) in [6.45, 7) is 4.23. The topological polar surface area (TPSA) is 64.1 Å². The Balaban J connectivity index is 1.25. The van der Waals surface area contributed by atoms with Crippen LogP contribution in [0.3, 0.4) is 0 Å². The maximum Gasteiger partial charge on any atom is 0.338 e. The highest BCUT2D eigenvalue weighted by atomic mass is 19.1. The summed E-state index contributed by atoms with van der Waals surface area (Å²) in [4.78, 5) is 29.1. The van der Waals surface area contributed by atoms with Crippen LogP contribution < -0.4 is 0 Å². The number of benzene rings is 2. The molecule has 0 fully saturated rings. The monoisotopic (exact) mass is 472 g/mol. The van der Waals surface area contributed by atoms with E-state index in [-0.39, 0.29) is 18.2 Å². The standard InChI is InChI=1S/C29H29FN2O3/c1-18-15-24(19(2)32(18)14-13-20-7-10-22(30)11-8-20)28(33)17-35-29(34)21-9-12-27-25(16-21)23-5-3-4-6-26(23)31-27/h7-12,15-16,31H,3-6,13-14,17H2,1-2H3. The number of aryl methyl sites for hydroxylation is 4. The molecule has 180 valence electrons. The van der Waals surface area contributed by atoms with Gasteiger partial charge in [-0.2, -0.15) is 0 Å². The number of aromatic amines is 1. The van der Waals surface area contributed by atoms with Gasteiger partial charge < -0.3 is 14.3 Å². The molecular weight excluding hydrogens is 443 g/mol. The van der Waals surface area contributed by atoms with Crippen LogP contribution in [0.15, 0.2) is 48.5 Å². The number of carbonyl (C=O) groups is 2. The average Bonchev–Trinajstić information content (AvgIpc) is 3.38. The predicted octanol–water partition coefficient (Wildman–Crippen LogP) is 5.89. The second-order valence-electron chi connectivity index (χ2n) is 9.36. The van der Waals surface area contributed by atoms with Gasteiger partial charge in [0.25, 0.3) is 0 Å². The van der Waals surface area contributed by atoms with E-state index in [2.05, 4.69) is 9.55 Å². The molecule has 1 N–H and O–H groups in total. The zero-order valence-electron chi connectivity index (χ0n) is 20.1. The fourth-order valence-electron chi connectivity index (χ4n) is 5.14. The molecule has 0 radical (unpaired) electrons. The summed E-state index contributed by atoms with van der Waals surface area (Å²) in [5.74, 6) is -0.965. The first-order valence-corrected chi connectivity index (χ1v) is 12.2. The molecule has 1 aliphatic rings. The SMILES string of the molecule is Cc1cc(C(=O)COC(=O)c2ccc3[nH]c4c(c3c2)CCCC4)c(C)n1CCc1ccc(F)cc1. The van der Waals surface area contributed by atoms with Gasteiger partial charge in [-0.1, -0.05) is 12.1 Å². The van der Waals surface area contributed by atoms with Crippen molar-refractivity contribution in [1.82, 2.24) is 9.55 Å². The van der Waals surface area contributed by atoms with Crippen molar-refractivity contribution in [2.75, 3.05) is 6.61 Å². The van der Waals surface area contributed by atoms with Crippen LogP contribution in [0.2, 0.25) is 0 Å². The second kappa shape index (κ2) is 9.53. The third kappa shape index (κ3) is 4.65. The van der Waals surface area contributed by atoms with E-state index in [0.29, 0.717) is 17.7 Å². The van der Waals surface area contributed by atoms with Crippen molar-refractivity contribution < 1.29 is 18.7 Å². The van der Waals surface area contributed by atoms with E-state index in [1.54, 1.807) is 18.2 Å². The molecule has 4 aromatic rings. The van der Waals surface area contributed by atoms with Crippen molar-refractivity contribution in [2.24, 2.45) is 0 Å². The lowest BCUT2D eigenvalue weighted by molar-refractivity contribution is 0.0474. The van der Waals surface area contributed by atoms with Crippen LogP contribution in [0, 0.1) is 19.7 Å². The second-order valence-corrected chi connectivity index (χ2v) is 9.36. The van der Waals surface area contributed by atoms with Crippen LogP contribution in [0.4, 0.5) is 4.39 Å². The van der Waals surface area contributed by atoms with Crippen molar-refractivity contribution in [3.8, 4) is 0 Å².